The topological polar surface area (TPSA) is 92.8 Å². The van der Waals surface area contributed by atoms with E-state index in [2.05, 4.69) is 11.4 Å². The van der Waals surface area contributed by atoms with E-state index in [0.717, 1.165) is 6.42 Å². The van der Waals surface area contributed by atoms with Crippen molar-refractivity contribution in [2.24, 2.45) is 23.7 Å². The van der Waals surface area contributed by atoms with E-state index in [9.17, 15) is 19.2 Å². The van der Waals surface area contributed by atoms with Gasteiger partial charge in [0.15, 0.2) is 6.61 Å². The number of hydrogen-bond donors (Lipinski definition) is 1. The Hall–Kier alpha value is -3.45. The fourth-order valence-corrected chi connectivity index (χ4v) is 5.35. The molecule has 8 heteroatoms. The van der Waals surface area contributed by atoms with Gasteiger partial charge in [0, 0.05) is 10.7 Å². The number of nitrogens with one attached hydrogen (secondary N) is 1. The number of imide groups is 1. The Morgan fingerprint density at radius 2 is 1.70 bits per heavy atom. The maximum atomic E-state index is 13.0. The van der Waals surface area contributed by atoms with Crippen molar-refractivity contribution in [3.63, 3.8) is 0 Å². The molecule has 2 fully saturated rings. The zero-order valence-electron chi connectivity index (χ0n) is 17.8. The first-order valence-electron chi connectivity index (χ1n) is 10.7. The van der Waals surface area contributed by atoms with Crippen molar-refractivity contribution in [1.82, 2.24) is 0 Å². The lowest BCUT2D eigenvalue weighted by Gasteiger charge is -2.19. The third-order valence-corrected chi connectivity index (χ3v) is 6.96. The van der Waals surface area contributed by atoms with E-state index in [-0.39, 0.29) is 41.0 Å². The maximum absolute atomic E-state index is 13.0. The van der Waals surface area contributed by atoms with Crippen LogP contribution in [0.15, 0.2) is 60.2 Å². The zero-order chi connectivity index (χ0) is 23.3. The third kappa shape index (κ3) is 3.72. The largest absolute Gasteiger partial charge is 0.452 e. The van der Waals surface area contributed by atoms with Crippen molar-refractivity contribution in [1.29, 1.82) is 0 Å². The van der Waals surface area contributed by atoms with E-state index >= 15 is 0 Å². The highest BCUT2D eigenvalue weighted by molar-refractivity contribution is 6.30. The standard InChI is InChI=1S/C25H21ClN2O5/c1-13-10-15-11-19(13)22-21(15)23(30)28(24(22)31)18-8-2-14(3-9-18)25(32)33-12-20(29)27-17-6-4-16(26)5-7-17/h2-10,15,19,21-22H,11-12H2,1H3,(H,27,29)/t15-,19+,21-,22-/m0/s1. The third-order valence-electron chi connectivity index (χ3n) is 6.70. The van der Waals surface area contributed by atoms with Gasteiger partial charge in [-0.25, -0.2) is 4.79 Å². The highest BCUT2D eigenvalue weighted by atomic mass is 35.5. The first kappa shape index (κ1) is 21.4. The molecular weight excluding hydrogens is 444 g/mol. The molecule has 5 rings (SSSR count). The molecule has 2 aliphatic carbocycles. The maximum Gasteiger partial charge on any atom is 0.338 e. The summed E-state index contributed by atoms with van der Waals surface area (Å²) in [4.78, 5) is 51.6. The van der Waals surface area contributed by atoms with Crippen LogP contribution in [0.2, 0.25) is 5.02 Å². The molecule has 168 valence electrons. The first-order valence-corrected chi connectivity index (χ1v) is 11.1. The lowest BCUT2D eigenvalue weighted by Crippen LogP contribution is -2.33. The number of halogens is 1. The number of rotatable bonds is 5. The second-order valence-corrected chi connectivity index (χ2v) is 9.09. The molecule has 1 saturated heterocycles. The van der Waals surface area contributed by atoms with Crippen LogP contribution >= 0.6 is 11.6 Å². The van der Waals surface area contributed by atoms with Crippen molar-refractivity contribution in [3.05, 3.63) is 70.8 Å². The Kier molecular flexibility index (Phi) is 5.29. The lowest BCUT2D eigenvalue weighted by atomic mass is 9.82. The predicted molar refractivity (Wildman–Crippen MR) is 122 cm³/mol. The number of fused-ring (bicyclic) bond motifs is 5. The van der Waals surface area contributed by atoms with Gasteiger partial charge in [0.05, 0.1) is 23.1 Å². The number of esters is 1. The average molecular weight is 465 g/mol. The van der Waals surface area contributed by atoms with E-state index in [1.807, 2.05) is 6.92 Å². The van der Waals surface area contributed by atoms with E-state index in [1.54, 1.807) is 36.4 Å². The van der Waals surface area contributed by atoms with Gasteiger partial charge in [-0.15, -0.1) is 0 Å². The Morgan fingerprint density at radius 1 is 1.03 bits per heavy atom. The van der Waals surface area contributed by atoms with Crippen molar-refractivity contribution in [3.8, 4) is 0 Å². The van der Waals surface area contributed by atoms with Gasteiger partial charge >= 0.3 is 5.97 Å². The van der Waals surface area contributed by atoms with Gasteiger partial charge < -0.3 is 10.1 Å². The second-order valence-electron chi connectivity index (χ2n) is 8.66. The molecular formula is C25H21ClN2O5. The van der Waals surface area contributed by atoms with Crippen LogP contribution < -0.4 is 10.2 Å². The summed E-state index contributed by atoms with van der Waals surface area (Å²) in [5.41, 5.74) is 2.39. The molecule has 1 N–H and O–H groups in total. The SMILES string of the molecule is CC1=C[C@H]2C[C@H]1[C@@H]1C(=O)N(c3ccc(C(=O)OCC(=O)Nc4ccc(Cl)cc4)cc3)C(=O)[C@H]12. The number of allylic oxidation sites excluding steroid dienone is 2. The highest BCUT2D eigenvalue weighted by Crippen LogP contribution is 2.55. The van der Waals surface area contributed by atoms with E-state index in [1.165, 1.54) is 22.6 Å². The fourth-order valence-electron chi connectivity index (χ4n) is 5.22. The van der Waals surface area contributed by atoms with Gasteiger partial charge in [-0.3, -0.25) is 19.3 Å². The molecule has 0 spiro atoms. The van der Waals surface area contributed by atoms with Crippen LogP contribution in [0.4, 0.5) is 11.4 Å². The summed E-state index contributed by atoms with van der Waals surface area (Å²) < 4.78 is 5.07. The van der Waals surface area contributed by atoms with Crippen LogP contribution in [0, 0.1) is 23.7 Å². The van der Waals surface area contributed by atoms with Crippen LogP contribution in [0.5, 0.6) is 0 Å². The van der Waals surface area contributed by atoms with Gasteiger partial charge in [0.2, 0.25) is 11.8 Å². The van der Waals surface area contributed by atoms with Gasteiger partial charge in [-0.05, 0) is 73.7 Å². The van der Waals surface area contributed by atoms with Crippen LogP contribution in [-0.4, -0.2) is 30.3 Å². The highest BCUT2D eigenvalue weighted by Gasteiger charge is 2.60. The molecule has 4 atom stereocenters. The average Bonchev–Trinajstić information content (AvgIpc) is 3.44. The smallest absolute Gasteiger partial charge is 0.338 e. The number of anilines is 2. The fraction of sp³-hybridized carbons (Fsp3) is 0.280. The molecule has 3 aliphatic rings. The molecule has 33 heavy (non-hydrogen) atoms. The van der Waals surface area contributed by atoms with Gasteiger partial charge in [-0.2, -0.15) is 0 Å². The number of benzene rings is 2. The summed E-state index contributed by atoms with van der Waals surface area (Å²) in [6.45, 7) is 1.57. The number of nitrogens with zero attached hydrogens (tertiary/aromatic N) is 1. The van der Waals surface area contributed by atoms with Crippen LogP contribution in [0.25, 0.3) is 0 Å². The molecule has 0 aromatic heterocycles. The molecule has 2 bridgehead atoms. The van der Waals surface area contributed by atoms with E-state index < -0.39 is 18.5 Å². The monoisotopic (exact) mass is 464 g/mol. The van der Waals surface area contributed by atoms with Crippen molar-refractivity contribution in [2.75, 3.05) is 16.8 Å². The first-order chi connectivity index (χ1) is 15.8. The summed E-state index contributed by atoms with van der Waals surface area (Å²) in [7, 11) is 0. The summed E-state index contributed by atoms with van der Waals surface area (Å²) in [6, 6.07) is 12.6. The quantitative estimate of drug-likeness (QED) is 0.412. The van der Waals surface area contributed by atoms with Crippen LogP contribution in [0.3, 0.4) is 0 Å². The molecule has 0 unspecified atom stereocenters. The molecule has 1 heterocycles. The van der Waals surface area contributed by atoms with Crippen molar-refractivity contribution < 1.29 is 23.9 Å². The van der Waals surface area contributed by atoms with Gasteiger partial charge in [0.1, 0.15) is 0 Å². The molecule has 0 radical (unpaired) electrons. The van der Waals surface area contributed by atoms with Gasteiger partial charge in [-0.1, -0.05) is 23.3 Å². The predicted octanol–water partition coefficient (Wildman–Crippen LogP) is 3.84. The summed E-state index contributed by atoms with van der Waals surface area (Å²) in [5.74, 6) is -1.78. The Bertz CT molecular complexity index is 1190. The molecule has 3 amide bonds. The molecule has 1 aliphatic heterocycles. The minimum atomic E-state index is -0.679. The Labute approximate surface area is 195 Å². The molecule has 2 aromatic rings. The lowest BCUT2D eigenvalue weighted by molar-refractivity contribution is -0.123. The molecule has 1 saturated carbocycles. The Morgan fingerprint density at radius 3 is 2.39 bits per heavy atom. The van der Waals surface area contributed by atoms with Crippen LogP contribution in [0.1, 0.15) is 23.7 Å². The minimum absolute atomic E-state index is 0.134. The number of ether oxygens (including phenoxy) is 1. The summed E-state index contributed by atoms with van der Waals surface area (Å²) >= 11 is 5.81. The van der Waals surface area contributed by atoms with E-state index in [0.29, 0.717) is 16.4 Å². The number of carbonyl (C=O) groups excluding carboxylic acids is 4. The molecule has 2 aromatic carbocycles. The normalized spacial score (nSPS) is 25.2. The number of amides is 3. The van der Waals surface area contributed by atoms with Crippen molar-refractivity contribution >= 4 is 46.7 Å². The van der Waals surface area contributed by atoms with E-state index in [4.69, 9.17) is 16.3 Å². The summed E-state index contributed by atoms with van der Waals surface area (Å²) in [5, 5.41) is 3.15. The number of hydrogen-bond acceptors (Lipinski definition) is 5. The number of carbonyl (C=O) groups is 4. The Balaban J connectivity index is 1.21. The summed E-state index contributed by atoms with van der Waals surface area (Å²) in [6.07, 6.45) is 3.01. The van der Waals surface area contributed by atoms with Crippen molar-refractivity contribution in [2.45, 2.75) is 13.3 Å². The molecule has 7 nitrogen and oxygen atoms in total. The van der Waals surface area contributed by atoms with Crippen LogP contribution in [-0.2, 0) is 19.1 Å². The van der Waals surface area contributed by atoms with Gasteiger partial charge in [0.25, 0.3) is 5.91 Å². The second kappa shape index (κ2) is 8.15. The minimum Gasteiger partial charge on any atom is -0.452 e. The zero-order valence-corrected chi connectivity index (χ0v) is 18.5.